The van der Waals surface area contributed by atoms with Gasteiger partial charge < -0.3 is 20.4 Å². The number of carbonyl (C=O) groups is 1. The lowest BCUT2D eigenvalue weighted by molar-refractivity contribution is -0.120. The third-order valence-corrected chi connectivity index (χ3v) is 4.90. The fraction of sp³-hybridized carbons (Fsp3) is 0.364. The molecule has 0 spiro atoms. The van der Waals surface area contributed by atoms with E-state index < -0.39 is 0 Å². The van der Waals surface area contributed by atoms with Crippen molar-refractivity contribution >= 4 is 41.5 Å². The second-order valence-electron chi connectivity index (χ2n) is 6.94. The monoisotopic (exact) mass is 525 g/mol. The summed E-state index contributed by atoms with van der Waals surface area (Å²) >= 11 is 0. The van der Waals surface area contributed by atoms with E-state index in [2.05, 4.69) is 49.7 Å². The fourth-order valence-corrected chi connectivity index (χ4v) is 3.42. The summed E-state index contributed by atoms with van der Waals surface area (Å²) in [5.74, 6) is 0.397. The molecule has 1 amide bonds. The lowest BCUT2D eigenvalue weighted by atomic mass is 10.1. The number of nitrogens with one attached hydrogen (secondary N) is 2. The van der Waals surface area contributed by atoms with Crippen molar-refractivity contribution < 1.29 is 9.18 Å². The molecule has 30 heavy (non-hydrogen) atoms. The molecule has 0 radical (unpaired) electrons. The van der Waals surface area contributed by atoms with E-state index >= 15 is 0 Å². The van der Waals surface area contributed by atoms with Crippen molar-refractivity contribution in [1.29, 1.82) is 0 Å². The number of para-hydroxylation sites is 1. The molecule has 2 N–H and O–H groups in total. The Labute approximate surface area is 194 Å². The van der Waals surface area contributed by atoms with E-state index in [9.17, 15) is 9.18 Å². The van der Waals surface area contributed by atoms with Gasteiger partial charge in [-0.3, -0.25) is 9.79 Å². The number of piperazine rings is 1. The van der Waals surface area contributed by atoms with E-state index in [4.69, 9.17) is 0 Å². The second kappa shape index (κ2) is 12.4. The van der Waals surface area contributed by atoms with Crippen molar-refractivity contribution in [2.45, 2.75) is 6.42 Å². The van der Waals surface area contributed by atoms with Crippen LogP contribution in [0.15, 0.2) is 59.6 Å². The summed E-state index contributed by atoms with van der Waals surface area (Å²) in [7, 11) is 1.77. The number of hydrogen-bond acceptors (Lipinski definition) is 3. The van der Waals surface area contributed by atoms with Gasteiger partial charge in [-0.2, -0.15) is 0 Å². The van der Waals surface area contributed by atoms with Gasteiger partial charge in [0, 0.05) is 52.0 Å². The topological polar surface area (TPSA) is 60.0 Å². The highest BCUT2D eigenvalue weighted by atomic mass is 127. The molecule has 1 fully saturated rings. The maximum atomic E-state index is 13.2. The van der Waals surface area contributed by atoms with Crippen molar-refractivity contribution in [3.05, 3.63) is 66.0 Å². The summed E-state index contributed by atoms with van der Waals surface area (Å²) in [5.41, 5.74) is 1.92. The highest BCUT2D eigenvalue weighted by Crippen LogP contribution is 2.15. The Bertz CT molecular complexity index is 825. The Hall–Kier alpha value is -2.36. The number of guanidine groups is 1. The number of aliphatic imine (C=N–C) groups is 1. The Balaban J connectivity index is 0.00000320. The number of benzene rings is 2. The van der Waals surface area contributed by atoms with E-state index in [1.807, 2.05) is 6.07 Å². The SMILES string of the molecule is CN=C(NCCNC(=O)Cc1cccc(F)c1)N1CCN(c2ccccc2)CC1.I. The zero-order valence-electron chi connectivity index (χ0n) is 17.2. The van der Waals surface area contributed by atoms with Gasteiger partial charge in [0.15, 0.2) is 5.96 Å². The van der Waals surface area contributed by atoms with E-state index in [1.165, 1.54) is 17.8 Å². The van der Waals surface area contributed by atoms with Crippen molar-refractivity contribution in [2.75, 3.05) is 51.2 Å². The number of nitrogens with zero attached hydrogens (tertiary/aromatic N) is 3. The van der Waals surface area contributed by atoms with Crippen LogP contribution in [0.4, 0.5) is 10.1 Å². The maximum absolute atomic E-state index is 13.2. The average molecular weight is 525 g/mol. The summed E-state index contributed by atoms with van der Waals surface area (Å²) in [5, 5.41) is 6.16. The zero-order chi connectivity index (χ0) is 20.5. The lowest BCUT2D eigenvalue weighted by Crippen LogP contribution is -2.53. The van der Waals surface area contributed by atoms with Gasteiger partial charge in [0.05, 0.1) is 6.42 Å². The van der Waals surface area contributed by atoms with Crippen LogP contribution in [0.1, 0.15) is 5.56 Å². The van der Waals surface area contributed by atoms with Crippen molar-refractivity contribution in [3.8, 4) is 0 Å². The Morgan fingerprint density at radius 2 is 1.70 bits per heavy atom. The Morgan fingerprint density at radius 3 is 2.37 bits per heavy atom. The lowest BCUT2D eigenvalue weighted by Gasteiger charge is -2.37. The normalized spacial score (nSPS) is 14.1. The molecule has 0 saturated carbocycles. The van der Waals surface area contributed by atoms with Crippen molar-refractivity contribution in [1.82, 2.24) is 15.5 Å². The number of amides is 1. The maximum Gasteiger partial charge on any atom is 0.224 e. The summed E-state index contributed by atoms with van der Waals surface area (Å²) in [6.07, 6.45) is 0.175. The minimum atomic E-state index is -0.326. The average Bonchev–Trinajstić information content (AvgIpc) is 2.75. The molecule has 8 heteroatoms. The molecular formula is C22H29FIN5O. The van der Waals surface area contributed by atoms with E-state index in [0.29, 0.717) is 18.7 Å². The molecule has 0 atom stereocenters. The van der Waals surface area contributed by atoms with Crippen molar-refractivity contribution in [2.24, 2.45) is 4.99 Å². The second-order valence-corrected chi connectivity index (χ2v) is 6.94. The molecule has 0 aromatic heterocycles. The number of halogens is 2. The Morgan fingerprint density at radius 1 is 1.00 bits per heavy atom. The van der Waals surface area contributed by atoms with Crippen LogP contribution in [0.5, 0.6) is 0 Å². The number of rotatable bonds is 6. The first-order valence-corrected chi connectivity index (χ1v) is 9.92. The molecule has 0 aliphatic carbocycles. The van der Waals surface area contributed by atoms with Crippen LogP contribution in [0, 0.1) is 5.82 Å². The van der Waals surface area contributed by atoms with Crippen LogP contribution < -0.4 is 15.5 Å². The summed E-state index contributed by atoms with van der Waals surface area (Å²) in [6, 6.07) is 16.5. The van der Waals surface area contributed by atoms with Crippen LogP contribution in [-0.4, -0.2) is 63.1 Å². The van der Waals surface area contributed by atoms with E-state index in [-0.39, 0.29) is 42.1 Å². The van der Waals surface area contributed by atoms with Gasteiger partial charge in [-0.05, 0) is 29.8 Å². The molecule has 0 unspecified atom stereocenters. The molecule has 6 nitrogen and oxygen atoms in total. The molecule has 1 saturated heterocycles. The van der Waals surface area contributed by atoms with Crippen LogP contribution in [0.2, 0.25) is 0 Å². The predicted molar refractivity (Wildman–Crippen MR) is 130 cm³/mol. The summed E-state index contributed by atoms with van der Waals surface area (Å²) < 4.78 is 13.2. The molecular weight excluding hydrogens is 496 g/mol. The third kappa shape index (κ3) is 7.16. The van der Waals surface area contributed by atoms with Crippen LogP contribution >= 0.6 is 24.0 Å². The molecule has 2 aromatic rings. The first-order chi connectivity index (χ1) is 14.2. The third-order valence-electron chi connectivity index (χ3n) is 4.90. The number of anilines is 1. The highest BCUT2D eigenvalue weighted by Gasteiger charge is 2.19. The molecule has 1 aliphatic rings. The minimum absolute atomic E-state index is 0. The van der Waals surface area contributed by atoms with Gasteiger partial charge in [-0.1, -0.05) is 30.3 Å². The quantitative estimate of drug-likeness (QED) is 0.264. The Kier molecular flexibility index (Phi) is 9.85. The first-order valence-electron chi connectivity index (χ1n) is 9.92. The summed E-state index contributed by atoms with van der Waals surface area (Å²) in [4.78, 5) is 21.0. The summed E-state index contributed by atoms with van der Waals surface area (Å²) in [6.45, 7) is 4.72. The zero-order valence-corrected chi connectivity index (χ0v) is 19.5. The van der Waals surface area contributed by atoms with Crippen LogP contribution in [0.3, 0.4) is 0 Å². The standard InChI is InChI=1S/C22H28FN5O.HI/c1-24-22(28-14-12-27(13-15-28)20-8-3-2-4-9-20)26-11-10-25-21(29)17-18-6-5-7-19(23)16-18;/h2-9,16H,10-15,17H2,1H3,(H,24,26)(H,25,29);1H. The molecule has 1 heterocycles. The molecule has 0 bridgehead atoms. The smallest absolute Gasteiger partial charge is 0.224 e. The molecule has 3 rings (SSSR count). The minimum Gasteiger partial charge on any atom is -0.368 e. The van der Waals surface area contributed by atoms with Crippen LogP contribution in [0.25, 0.3) is 0 Å². The molecule has 1 aliphatic heterocycles. The van der Waals surface area contributed by atoms with Crippen LogP contribution in [-0.2, 0) is 11.2 Å². The van der Waals surface area contributed by atoms with Gasteiger partial charge in [0.1, 0.15) is 5.82 Å². The highest BCUT2D eigenvalue weighted by molar-refractivity contribution is 14.0. The van der Waals surface area contributed by atoms with Gasteiger partial charge in [0.2, 0.25) is 5.91 Å². The van der Waals surface area contributed by atoms with Gasteiger partial charge in [-0.15, -0.1) is 24.0 Å². The molecule has 2 aromatic carbocycles. The van der Waals surface area contributed by atoms with E-state index in [0.717, 1.165) is 32.1 Å². The largest absolute Gasteiger partial charge is 0.368 e. The number of hydrogen-bond donors (Lipinski definition) is 2. The van der Waals surface area contributed by atoms with Gasteiger partial charge in [-0.25, -0.2) is 4.39 Å². The van der Waals surface area contributed by atoms with Gasteiger partial charge in [0.25, 0.3) is 0 Å². The van der Waals surface area contributed by atoms with Gasteiger partial charge >= 0.3 is 0 Å². The predicted octanol–water partition coefficient (Wildman–Crippen LogP) is 2.50. The molecule has 162 valence electrons. The first kappa shape index (κ1) is 23.9. The van der Waals surface area contributed by atoms with Crippen molar-refractivity contribution in [3.63, 3.8) is 0 Å². The fourth-order valence-electron chi connectivity index (χ4n) is 3.42. The van der Waals surface area contributed by atoms with E-state index in [1.54, 1.807) is 19.2 Å². The number of carbonyl (C=O) groups excluding carboxylic acids is 1.